The van der Waals surface area contributed by atoms with Crippen LogP contribution in [0.4, 0.5) is 12.0 Å². The lowest BCUT2D eigenvalue weighted by Gasteiger charge is -2.19. The first-order valence-electron chi connectivity index (χ1n) is 22.9. The average molecular weight is 805 g/mol. The minimum atomic E-state index is 0.123. The van der Waals surface area contributed by atoms with Gasteiger partial charge in [0.15, 0.2) is 0 Å². The Labute approximate surface area is 343 Å². The SMILES string of the molecule is Nc1nnc(CCCCCCCC(CCCCCCCO)NC(=O)CCCCCCCC(=O)NC(CCCCCCCO)CCCCCCCc2nnc(N)o2)o1. The van der Waals surface area contributed by atoms with E-state index in [0.717, 1.165) is 199 Å². The van der Waals surface area contributed by atoms with Gasteiger partial charge in [-0.3, -0.25) is 9.59 Å². The monoisotopic (exact) mass is 805 g/mol. The molecular formula is C43H80N8O6. The number of nitrogens with one attached hydrogen (secondary N) is 2. The van der Waals surface area contributed by atoms with Crippen molar-refractivity contribution in [2.75, 3.05) is 24.7 Å². The molecule has 0 aliphatic heterocycles. The van der Waals surface area contributed by atoms with Gasteiger partial charge in [-0.2, -0.15) is 0 Å². The van der Waals surface area contributed by atoms with E-state index in [4.69, 9.17) is 30.5 Å². The molecule has 14 nitrogen and oxygen atoms in total. The van der Waals surface area contributed by atoms with Gasteiger partial charge in [0.25, 0.3) is 0 Å². The van der Waals surface area contributed by atoms with Crippen LogP contribution < -0.4 is 22.1 Å². The fraction of sp³-hybridized carbons (Fsp3) is 0.860. The van der Waals surface area contributed by atoms with Crippen LogP contribution in [0.3, 0.4) is 0 Å². The molecule has 2 rings (SSSR count). The highest BCUT2D eigenvalue weighted by molar-refractivity contribution is 5.76. The molecule has 8 N–H and O–H groups in total. The number of aryl methyl sites for hydroxylation is 2. The predicted octanol–water partition coefficient (Wildman–Crippen LogP) is 8.45. The molecule has 2 atom stereocenters. The van der Waals surface area contributed by atoms with Crippen LogP contribution in [0.2, 0.25) is 0 Å². The van der Waals surface area contributed by atoms with Gasteiger partial charge in [0.1, 0.15) is 0 Å². The van der Waals surface area contributed by atoms with E-state index in [9.17, 15) is 9.59 Å². The van der Waals surface area contributed by atoms with Gasteiger partial charge in [0, 0.05) is 51.0 Å². The molecule has 0 bridgehead atoms. The molecule has 0 radical (unpaired) electrons. The largest absolute Gasteiger partial charge is 0.408 e. The Morgan fingerprint density at radius 2 is 0.737 bits per heavy atom. The van der Waals surface area contributed by atoms with Gasteiger partial charge in [0.05, 0.1) is 0 Å². The number of rotatable bonds is 40. The van der Waals surface area contributed by atoms with E-state index in [1.165, 1.54) is 0 Å². The first-order chi connectivity index (χ1) is 27.9. The maximum Gasteiger partial charge on any atom is 0.312 e. The molecule has 0 aliphatic carbocycles. The highest BCUT2D eigenvalue weighted by Gasteiger charge is 2.14. The molecule has 2 aromatic heterocycles. The van der Waals surface area contributed by atoms with Crippen molar-refractivity contribution in [2.24, 2.45) is 0 Å². The molecule has 0 saturated carbocycles. The molecule has 0 fully saturated rings. The third kappa shape index (κ3) is 28.7. The number of nitrogens with two attached hydrogens (primary N) is 2. The number of aromatic nitrogens is 4. The Kier molecular flexibility index (Phi) is 30.4. The molecule has 57 heavy (non-hydrogen) atoms. The molecule has 2 aromatic rings. The van der Waals surface area contributed by atoms with Crippen LogP contribution in [-0.2, 0) is 22.4 Å². The van der Waals surface area contributed by atoms with Crippen LogP contribution in [0.25, 0.3) is 0 Å². The van der Waals surface area contributed by atoms with Crippen molar-refractivity contribution < 1.29 is 28.6 Å². The summed E-state index contributed by atoms with van der Waals surface area (Å²) in [5, 5.41) is 40.1. The second kappa shape index (κ2) is 34.8. The Morgan fingerprint density at radius 3 is 1.05 bits per heavy atom. The Hall–Kier alpha value is -3.26. The van der Waals surface area contributed by atoms with Crippen LogP contribution in [0, 0.1) is 0 Å². The number of hydrogen-bond donors (Lipinski definition) is 6. The third-order valence-electron chi connectivity index (χ3n) is 10.8. The van der Waals surface area contributed by atoms with Gasteiger partial charge in [-0.05, 0) is 64.2 Å². The van der Waals surface area contributed by atoms with E-state index in [2.05, 4.69) is 31.0 Å². The number of unbranched alkanes of at least 4 members (excludes halogenated alkanes) is 20. The summed E-state index contributed by atoms with van der Waals surface area (Å²) in [5.74, 6) is 1.52. The molecule has 0 saturated heterocycles. The number of hydrogen-bond acceptors (Lipinski definition) is 12. The first-order valence-corrected chi connectivity index (χ1v) is 22.9. The highest BCUT2D eigenvalue weighted by atomic mass is 16.4. The lowest BCUT2D eigenvalue weighted by molar-refractivity contribution is -0.122. The Balaban J connectivity index is 1.59. The van der Waals surface area contributed by atoms with Gasteiger partial charge in [0.2, 0.25) is 23.6 Å². The summed E-state index contributed by atoms with van der Waals surface area (Å²) in [7, 11) is 0. The number of amides is 2. The van der Waals surface area contributed by atoms with E-state index in [1.54, 1.807) is 0 Å². The summed E-state index contributed by atoms with van der Waals surface area (Å²) in [6, 6.07) is 0.689. The van der Waals surface area contributed by atoms with Crippen molar-refractivity contribution in [3.63, 3.8) is 0 Å². The summed E-state index contributed by atoms with van der Waals surface area (Å²) >= 11 is 0. The van der Waals surface area contributed by atoms with Crippen LogP contribution in [-0.4, -0.2) is 67.7 Å². The van der Waals surface area contributed by atoms with E-state index in [1.807, 2.05) is 0 Å². The van der Waals surface area contributed by atoms with Crippen molar-refractivity contribution in [1.82, 2.24) is 31.0 Å². The molecule has 0 aromatic carbocycles. The van der Waals surface area contributed by atoms with Crippen molar-refractivity contribution in [1.29, 1.82) is 0 Å². The highest BCUT2D eigenvalue weighted by Crippen LogP contribution is 2.18. The molecule has 2 amide bonds. The first kappa shape index (κ1) is 49.9. The van der Waals surface area contributed by atoms with E-state index in [0.29, 0.717) is 24.6 Å². The van der Waals surface area contributed by atoms with Crippen molar-refractivity contribution in [3.8, 4) is 0 Å². The van der Waals surface area contributed by atoms with Gasteiger partial charge < -0.3 is 41.1 Å². The maximum absolute atomic E-state index is 12.9. The summed E-state index contributed by atoms with van der Waals surface area (Å²) < 4.78 is 10.5. The topological polar surface area (TPSA) is 229 Å². The molecule has 0 spiro atoms. The smallest absolute Gasteiger partial charge is 0.312 e. The number of aliphatic hydroxyl groups excluding tert-OH is 2. The lowest BCUT2D eigenvalue weighted by atomic mass is 9.99. The Morgan fingerprint density at radius 1 is 0.439 bits per heavy atom. The molecular weight excluding hydrogens is 725 g/mol. The summed E-state index contributed by atoms with van der Waals surface area (Å²) in [4.78, 5) is 25.8. The van der Waals surface area contributed by atoms with Gasteiger partial charge in [-0.15, -0.1) is 10.2 Å². The van der Waals surface area contributed by atoms with Crippen LogP contribution in [0.15, 0.2) is 8.83 Å². The summed E-state index contributed by atoms with van der Waals surface area (Å²) in [5.41, 5.74) is 11.0. The second-order valence-corrected chi connectivity index (χ2v) is 16.0. The second-order valence-electron chi connectivity index (χ2n) is 16.0. The minimum Gasteiger partial charge on any atom is -0.408 e. The zero-order valence-corrected chi connectivity index (χ0v) is 35.4. The summed E-state index contributed by atoms with van der Waals surface area (Å²) in [6.07, 6.45) is 33.0. The number of nitrogens with zero attached hydrogens (tertiary/aromatic N) is 4. The van der Waals surface area contributed by atoms with Crippen LogP contribution in [0.1, 0.15) is 211 Å². The lowest BCUT2D eigenvalue weighted by Crippen LogP contribution is -2.34. The van der Waals surface area contributed by atoms with Gasteiger partial charge in [-0.1, -0.05) is 132 Å². The fourth-order valence-electron chi connectivity index (χ4n) is 7.47. The van der Waals surface area contributed by atoms with Crippen molar-refractivity contribution in [2.45, 2.75) is 224 Å². The van der Waals surface area contributed by atoms with Crippen LogP contribution >= 0.6 is 0 Å². The molecule has 14 heteroatoms. The molecule has 0 aliphatic rings. The average Bonchev–Trinajstić information content (AvgIpc) is 3.82. The maximum atomic E-state index is 12.9. The van der Waals surface area contributed by atoms with E-state index in [-0.39, 0.29) is 49.1 Å². The predicted molar refractivity (Wildman–Crippen MR) is 226 cm³/mol. The van der Waals surface area contributed by atoms with E-state index < -0.39 is 0 Å². The van der Waals surface area contributed by atoms with E-state index >= 15 is 0 Å². The van der Waals surface area contributed by atoms with Gasteiger partial charge in [-0.25, -0.2) is 0 Å². The van der Waals surface area contributed by atoms with Gasteiger partial charge >= 0.3 is 12.0 Å². The quantitative estimate of drug-likeness (QED) is 0.0349. The summed E-state index contributed by atoms with van der Waals surface area (Å²) in [6.45, 7) is 0.521. The number of anilines is 2. The molecule has 2 unspecified atom stereocenters. The number of aliphatic hydroxyl groups is 2. The Bertz CT molecular complexity index is 1150. The third-order valence-corrected chi connectivity index (χ3v) is 10.8. The zero-order valence-electron chi connectivity index (χ0n) is 35.4. The number of carbonyl (C=O) groups is 2. The van der Waals surface area contributed by atoms with Crippen molar-refractivity contribution >= 4 is 23.8 Å². The van der Waals surface area contributed by atoms with Crippen LogP contribution in [0.5, 0.6) is 0 Å². The molecule has 328 valence electrons. The number of carbonyl (C=O) groups excluding carboxylic acids is 2. The fourth-order valence-corrected chi connectivity index (χ4v) is 7.47. The molecule has 2 heterocycles. The minimum absolute atomic E-state index is 0.123. The normalized spacial score (nSPS) is 12.5. The standard InChI is InChI=1S/C43H80N8O6/c44-42-50-48-40(56-42)32-22-12-1-6-16-26-36(28-18-8-4-14-24-34-52)46-38(54)30-20-10-3-11-21-31-39(55)47-37(29-19-9-5-15-25-35-53)27-17-7-2-13-23-33-41-49-51-43(45)57-41/h36-37,52-53H,1-35H2,(H2,44,50)(H2,45,51)(H,46,54)(H,47,55). The zero-order chi connectivity index (χ0) is 41.0. The number of nitrogen functional groups attached to an aromatic ring is 2. The van der Waals surface area contributed by atoms with Crippen molar-refractivity contribution in [3.05, 3.63) is 11.8 Å².